The lowest BCUT2D eigenvalue weighted by Crippen LogP contribution is -1.97. The highest BCUT2D eigenvalue weighted by atomic mass is 35.5. The van der Waals surface area contributed by atoms with E-state index in [9.17, 15) is 0 Å². The molecule has 0 aliphatic carbocycles. The molecule has 1 nitrogen and oxygen atoms in total. The van der Waals surface area contributed by atoms with Crippen LogP contribution in [0, 0.1) is 0 Å². The van der Waals surface area contributed by atoms with Crippen LogP contribution >= 0.6 is 11.6 Å². The van der Waals surface area contributed by atoms with Crippen LogP contribution in [0.5, 0.6) is 0 Å². The maximum Gasteiger partial charge on any atom is 0.0437 e. The van der Waals surface area contributed by atoms with Crippen molar-refractivity contribution in [1.82, 2.24) is 0 Å². The van der Waals surface area contributed by atoms with Crippen molar-refractivity contribution in [2.45, 2.75) is 32.1 Å². The van der Waals surface area contributed by atoms with Gasteiger partial charge in [-0.3, -0.25) is 0 Å². The number of halogens is 1. The Kier molecular flexibility index (Phi) is 5.65. The fourth-order valence-corrected chi connectivity index (χ4v) is 1.74. The summed E-state index contributed by atoms with van der Waals surface area (Å²) in [6.07, 6.45) is 5.93. The molecule has 0 aromatic heterocycles. The lowest BCUT2D eigenvalue weighted by Gasteiger charge is -2.03. The van der Waals surface area contributed by atoms with Crippen LogP contribution in [-0.2, 0) is 6.42 Å². The lowest BCUT2D eigenvalue weighted by atomic mass is 10.1. The number of hydrogen-bond acceptors (Lipinski definition) is 1. The van der Waals surface area contributed by atoms with Crippen molar-refractivity contribution in [1.29, 1.82) is 0 Å². The highest BCUT2D eigenvalue weighted by Crippen LogP contribution is 2.17. The Labute approximate surface area is 91.3 Å². The molecule has 14 heavy (non-hydrogen) atoms. The van der Waals surface area contributed by atoms with E-state index in [0.717, 1.165) is 24.4 Å². The van der Waals surface area contributed by atoms with Gasteiger partial charge < -0.3 is 5.73 Å². The van der Waals surface area contributed by atoms with Gasteiger partial charge in [0.15, 0.2) is 0 Å². The van der Waals surface area contributed by atoms with Crippen molar-refractivity contribution in [3.05, 3.63) is 34.9 Å². The minimum atomic E-state index is 0.812. The number of nitrogens with two attached hydrogens (primary N) is 1. The summed E-state index contributed by atoms with van der Waals surface area (Å²) in [6.45, 7) is 0.812. The van der Waals surface area contributed by atoms with Crippen molar-refractivity contribution in [2.24, 2.45) is 5.73 Å². The Bertz CT molecular complexity index is 260. The van der Waals surface area contributed by atoms with Gasteiger partial charge in [-0.25, -0.2) is 0 Å². The van der Waals surface area contributed by atoms with Crippen molar-refractivity contribution >= 4 is 11.6 Å². The van der Waals surface area contributed by atoms with Gasteiger partial charge in [0.25, 0.3) is 0 Å². The second-order valence-corrected chi connectivity index (χ2v) is 3.95. The van der Waals surface area contributed by atoms with Gasteiger partial charge in [-0.2, -0.15) is 0 Å². The third kappa shape index (κ3) is 4.12. The first kappa shape index (κ1) is 11.5. The molecule has 0 saturated heterocycles. The molecule has 0 saturated carbocycles. The molecule has 0 bridgehead atoms. The normalized spacial score (nSPS) is 10.4. The van der Waals surface area contributed by atoms with E-state index in [4.69, 9.17) is 17.3 Å². The van der Waals surface area contributed by atoms with E-state index in [0.29, 0.717) is 0 Å². The summed E-state index contributed by atoms with van der Waals surface area (Å²) >= 11 is 6.04. The average molecular weight is 212 g/mol. The van der Waals surface area contributed by atoms with Crippen LogP contribution in [-0.4, -0.2) is 6.54 Å². The third-order valence-electron chi connectivity index (χ3n) is 2.36. The van der Waals surface area contributed by atoms with Crippen LogP contribution in [0.3, 0.4) is 0 Å². The first-order valence-corrected chi connectivity index (χ1v) is 5.66. The summed E-state index contributed by atoms with van der Waals surface area (Å²) in [4.78, 5) is 0. The molecule has 1 aromatic rings. The second kappa shape index (κ2) is 6.86. The van der Waals surface area contributed by atoms with Gasteiger partial charge in [-0.05, 0) is 37.4 Å². The van der Waals surface area contributed by atoms with Gasteiger partial charge in [0.1, 0.15) is 0 Å². The third-order valence-corrected chi connectivity index (χ3v) is 2.73. The first-order chi connectivity index (χ1) is 6.84. The molecule has 0 radical (unpaired) electrons. The molecule has 0 fully saturated rings. The maximum atomic E-state index is 6.04. The molecule has 1 rings (SSSR count). The lowest BCUT2D eigenvalue weighted by molar-refractivity contribution is 0.647. The highest BCUT2D eigenvalue weighted by molar-refractivity contribution is 6.31. The van der Waals surface area contributed by atoms with E-state index in [-0.39, 0.29) is 0 Å². The predicted octanol–water partition coefficient (Wildman–Crippen LogP) is 3.40. The van der Waals surface area contributed by atoms with Crippen LogP contribution in [0.4, 0.5) is 0 Å². The number of aryl methyl sites for hydroxylation is 1. The van der Waals surface area contributed by atoms with Crippen LogP contribution in [0.2, 0.25) is 5.02 Å². The molecule has 2 heteroatoms. The van der Waals surface area contributed by atoms with E-state index in [2.05, 4.69) is 6.07 Å². The Morgan fingerprint density at radius 1 is 1.00 bits per heavy atom. The number of unbranched alkanes of at least 4 members (excludes halogenated alkanes) is 3. The summed E-state index contributed by atoms with van der Waals surface area (Å²) in [5, 5.41) is 0.895. The van der Waals surface area contributed by atoms with E-state index in [1.807, 2.05) is 18.2 Å². The maximum absolute atomic E-state index is 6.04. The SMILES string of the molecule is NCCCCCCc1ccccc1Cl. The van der Waals surface area contributed by atoms with Crippen molar-refractivity contribution in [2.75, 3.05) is 6.54 Å². The second-order valence-electron chi connectivity index (χ2n) is 3.54. The molecule has 78 valence electrons. The Hall–Kier alpha value is -0.530. The van der Waals surface area contributed by atoms with E-state index in [1.165, 1.54) is 24.8 Å². The zero-order valence-electron chi connectivity index (χ0n) is 8.51. The number of benzene rings is 1. The van der Waals surface area contributed by atoms with Gasteiger partial charge >= 0.3 is 0 Å². The van der Waals surface area contributed by atoms with Gasteiger partial charge in [-0.15, -0.1) is 0 Å². The van der Waals surface area contributed by atoms with Crippen molar-refractivity contribution in [3.8, 4) is 0 Å². The molecule has 0 atom stereocenters. The zero-order chi connectivity index (χ0) is 10.2. The quantitative estimate of drug-likeness (QED) is 0.718. The summed E-state index contributed by atoms with van der Waals surface area (Å²) in [6, 6.07) is 8.07. The number of hydrogen-bond donors (Lipinski definition) is 1. The fourth-order valence-electron chi connectivity index (χ4n) is 1.51. The van der Waals surface area contributed by atoms with Crippen LogP contribution in [0.1, 0.15) is 31.2 Å². The van der Waals surface area contributed by atoms with Gasteiger partial charge in [0.05, 0.1) is 0 Å². The van der Waals surface area contributed by atoms with Crippen LogP contribution < -0.4 is 5.73 Å². The number of rotatable bonds is 6. The van der Waals surface area contributed by atoms with E-state index >= 15 is 0 Å². The van der Waals surface area contributed by atoms with Crippen molar-refractivity contribution in [3.63, 3.8) is 0 Å². The molecule has 0 spiro atoms. The minimum absolute atomic E-state index is 0.812. The Balaban J connectivity index is 2.21. The van der Waals surface area contributed by atoms with Gasteiger partial charge in [0, 0.05) is 5.02 Å². The Morgan fingerprint density at radius 2 is 1.71 bits per heavy atom. The summed E-state index contributed by atoms with van der Waals surface area (Å²) in [7, 11) is 0. The molecule has 1 aromatic carbocycles. The molecule has 0 heterocycles. The topological polar surface area (TPSA) is 26.0 Å². The molecule has 0 aliphatic heterocycles. The monoisotopic (exact) mass is 211 g/mol. The fraction of sp³-hybridized carbons (Fsp3) is 0.500. The molecule has 0 aliphatic rings. The van der Waals surface area contributed by atoms with Crippen molar-refractivity contribution < 1.29 is 0 Å². The Morgan fingerprint density at radius 3 is 2.43 bits per heavy atom. The summed E-state index contributed by atoms with van der Waals surface area (Å²) in [5.41, 5.74) is 6.69. The van der Waals surface area contributed by atoms with Gasteiger partial charge in [0.2, 0.25) is 0 Å². The predicted molar refractivity (Wildman–Crippen MR) is 62.7 cm³/mol. The minimum Gasteiger partial charge on any atom is -0.330 e. The average Bonchev–Trinajstić information content (AvgIpc) is 2.20. The summed E-state index contributed by atoms with van der Waals surface area (Å²) in [5.74, 6) is 0. The highest BCUT2D eigenvalue weighted by Gasteiger charge is 1.97. The molecule has 0 unspecified atom stereocenters. The smallest absolute Gasteiger partial charge is 0.0437 e. The standard InChI is InChI=1S/C12H18ClN/c13-12-9-5-4-8-11(12)7-3-1-2-6-10-14/h4-5,8-9H,1-3,6-7,10,14H2. The molecular weight excluding hydrogens is 194 g/mol. The largest absolute Gasteiger partial charge is 0.330 e. The van der Waals surface area contributed by atoms with E-state index in [1.54, 1.807) is 0 Å². The van der Waals surface area contributed by atoms with Crippen LogP contribution in [0.25, 0.3) is 0 Å². The summed E-state index contributed by atoms with van der Waals surface area (Å²) < 4.78 is 0. The van der Waals surface area contributed by atoms with Crippen LogP contribution in [0.15, 0.2) is 24.3 Å². The molecule has 0 amide bonds. The van der Waals surface area contributed by atoms with E-state index < -0.39 is 0 Å². The van der Waals surface area contributed by atoms with Gasteiger partial charge in [-0.1, -0.05) is 42.6 Å². The molecule has 2 N–H and O–H groups in total. The zero-order valence-corrected chi connectivity index (χ0v) is 9.26. The molecular formula is C12H18ClN. The first-order valence-electron chi connectivity index (χ1n) is 5.28.